The number of hydrogen-bond donors (Lipinski definition) is 2. The fraction of sp³-hybridized carbons (Fsp3) is 0.0952. The van der Waals surface area contributed by atoms with Gasteiger partial charge < -0.3 is 9.84 Å². The summed E-state index contributed by atoms with van der Waals surface area (Å²) >= 11 is 0. The summed E-state index contributed by atoms with van der Waals surface area (Å²) in [5, 5.41) is 8.74. The minimum atomic E-state index is -3.82. The van der Waals surface area contributed by atoms with E-state index >= 15 is 0 Å². The number of aliphatic carboxylic acids is 1. The highest BCUT2D eigenvalue weighted by Gasteiger charge is 2.17. The minimum Gasteiger partial charge on any atom is -0.481 e. The Morgan fingerprint density at radius 2 is 1.54 bits per heavy atom. The summed E-state index contributed by atoms with van der Waals surface area (Å²) in [4.78, 5) is 10.7. The molecule has 3 aromatic carbocycles. The Morgan fingerprint density at radius 1 is 0.893 bits per heavy atom. The first-order valence-corrected chi connectivity index (χ1v) is 10.1. The Labute approximate surface area is 163 Å². The van der Waals surface area contributed by atoms with Gasteiger partial charge in [0.05, 0.1) is 10.6 Å². The molecule has 7 heteroatoms. The van der Waals surface area contributed by atoms with Gasteiger partial charge in [0.25, 0.3) is 10.0 Å². The van der Waals surface area contributed by atoms with E-state index in [0.29, 0.717) is 23.6 Å². The lowest BCUT2D eigenvalue weighted by molar-refractivity contribution is -0.136. The molecule has 0 unspecified atom stereocenters. The maximum atomic E-state index is 12.7. The van der Waals surface area contributed by atoms with E-state index in [0.717, 1.165) is 5.56 Å². The fourth-order valence-corrected chi connectivity index (χ4v) is 3.62. The molecule has 0 amide bonds. The molecular weight excluding hydrogens is 378 g/mol. The van der Waals surface area contributed by atoms with Crippen molar-refractivity contribution in [1.82, 2.24) is 0 Å². The summed E-state index contributed by atoms with van der Waals surface area (Å²) in [5.74, 6) is 0.0840. The van der Waals surface area contributed by atoms with Gasteiger partial charge in [0.1, 0.15) is 5.75 Å². The van der Waals surface area contributed by atoms with Crippen molar-refractivity contribution >= 4 is 21.7 Å². The van der Waals surface area contributed by atoms with E-state index in [1.807, 2.05) is 18.2 Å². The van der Waals surface area contributed by atoms with Gasteiger partial charge in [-0.15, -0.1) is 0 Å². The summed E-state index contributed by atoms with van der Waals surface area (Å²) in [6, 6.07) is 22.0. The molecule has 2 N–H and O–H groups in total. The van der Waals surface area contributed by atoms with Gasteiger partial charge in [0.15, 0.2) is 5.75 Å². The predicted molar refractivity (Wildman–Crippen MR) is 106 cm³/mol. The Balaban J connectivity index is 1.78. The second kappa shape index (κ2) is 8.58. The lowest BCUT2D eigenvalue weighted by Crippen LogP contribution is -2.13. The molecule has 0 saturated heterocycles. The van der Waals surface area contributed by atoms with E-state index < -0.39 is 16.0 Å². The quantitative estimate of drug-likeness (QED) is 0.591. The van der Waals surface area contributed by atoms with Crippen LogP contribution in [0.1, 0.15) is 12.0 Å². The van der Waals surface area contributed by atoms with Crippen molar-refractivity contribution in [3.05, 3.63) is 84.4 Å². The van der Waals surface area contributed by atoms with Crippen molar-refractivity contribution in [2.75, 3.05) is 4.72 Å². The Morgan fingerprint density at radius 3 is 2.21 bits per heavy atom. The number of sulfonamides is 1. The average molecular weight is 397 g/mol. The number of aryl methyl sites for hydroxylation is 1. The van der Waals surface area contributed by atoms with Crippen LogP contribution in [0.5, 0.6) is 11.5 Å². The predicted octanol–water partition coefficient (Wildman–Crippen LogP) is 4.30. The molecule has 0 aliphatic heterocycles. The van der Waals surface area contributed by atoms with Crippen molar-refractivity contribution < 1.29 is 23.1 Å². The highest BCUT2D eigenvalue weighted by molar-refractivity contribution is 7.92. The van der Waals surface area contributed by atoms with Crippen LogP contribution in [0, 0.1) is 0 Å². The molecular formula is C21H19NO5S. The smallest absolute Gasteiger partial charge is 0.303 e. The summed E-state index contributed by atoms with van der Waals surface area (Å²) in [5.41, 5.74) is 1.08. The number of ether oxygens (including phenoxy) is 1. The third kappa shape index (κ3) is 5.11. The molecule has 3 aromatic rings. The molecule has 0 aliphatic carbocycles. The number of benzene rings is 3. The molecule has 0 aromatic heterocycles. The molecule has 0 fully saturated rings. The van der Waals surface area contributed by atoms with Gasteiger partial charge in [-0.25, -0.2) is 8.42 Å². The van der Waals surface area contributed by atoms with Gasteiger partial charge in [0.2, 0.25) is 0 Å². The van der Waals surface area contributed by atoms with Crippen LogP contribution in [0.4, 0.5) is 5.69 Å². The molecule has 0 bridgehead atoms. The monoisotopic (exact) mass is 397 g/mol. The zero-order chi connectivity index (χ0) is 20.0. The summed E-state index contributed by atoms with van der Waals surface area (Å²) < 4.78 is 33.8. The molecule has 0 saturated carbocycles. The minimum absolute atomic E-state index is 0.00541. The molecule has 3 rings (SSSR count). The first-order chi connectivity index (χ1) is 13.4. The zero-order valence-electron chi connectivity index (χ0n) is 14.9. The van der Waals surface area contributed by atoms with Gasteiger partial charge in [-0.2, -0.15) is 0 Å². The molecule has 144 valence electrons. The average Bonchev–Trinajstić information content (AvgIpc) is 2.69. The van der Waals surface area contributed by atoms with Gasteiger partial charge in [-0.1, -0.05) is 42.5 Å². The topological polar surface area (TPSA) is 92.7 Å². The molecule has 0 aliphatic rings. The van der Waals surface area contributed by atoms with Crippen LogP contribution in [-0.2, 0) is 21.2 Å². The largest absolute Gasteiger partial charge is 0.481 e. The highest BCUT2D eigenvalue weighted by Crippen LogP contribution is 2.30. The van der Waals surface area contributed by atoms with Crippen molar-refractivity contribution in [2.45, 2.75) is 17.7 Å². The van der Waals surface area contributed by atoms with Crippen LogP contribution in [0.25, 0.3) is 0 Å². The number of carboxylic acids is 1. The fourth-order valence-electron chi connectivity index (χ4n) is 2.55. The lowest BCUT2D eigenvalue weighted by atomic mass is 10.1. The van der Waals surface area contributed by atoms with E-state index in [-0.39, 0.29) is 11.3 Å². The Bertz CT molecular complexity index is 1050. The number of hydrogen-bond acceptors (Lipinski definition) is 4. The number of rotatable bonds is 8. The SMILES string of the molecule is O=C(O)CCc1ccc(S(=O)(=O)Nc2ccccc2Oc2ccccc2)cc1. The van der Waals surface area contributed by atoms with Crippen molar-refractivity contribution in [2.24, 2.45) is 0 Å². The molecule has 6 nitrogen and oxygen atoms in total. The van der Waals surface area contributed by atoms with Crippen LogP contribution in [0.3, 0.4) is 0 Å². The number of carboxylic acid groups (broad SMARTS) is 1. The third-order valence-corrected chi connectivity index (χ3v) is 5.34. The van der Waals surface area contributed by atoms with Crippen LogP contribution in [0.15, 0.2) is 83.8 Å². The molecule has 0 radical (unpaired) electrons. The normalized spacial score (nSPS) is 11.0. The highest BCUT2D eigenvalue weighted by atomic mass is 32.2. The Kier molecular flexibility index (Phi) is 5.96. The zero-order valence-corrected chi connectivity index (χ0v) is 15.7. The molecule has 28 heavy (non-hydrogen) atoms. The van der Waals surface area contributed by atoms with Crippen molar-refractivity contribution in [3.8, 4) is 11.5 Å². The summed E-state index contributed by atoms with van der Waals surface area (Å²) in [6.07, 6.45) is 0.339. The van der Waals surface area contributed by atoms with Crippen molar-refractivity contribution in [3.63, 3.8) is 0 Å². The van der Waals surface area contributed by atoms with Crippen LogP contribution in [-0.4, -0.2) is 19.5 Å². The lowest BCUT2D eigenvalue weighted by Gasteiger charge is -2.13. The number of carbonyl (C=O) groups is 1. The maximum absolute atomic E-state index is 12.7. The number of anilines is 1. The molecule has 0 spiro atoms. The Hall–Kier alpha value is -3.32. The second-order valence-electron chi connectivity index (χ2n) is 6.05. The summed E-state index contributed by atoms with van der Waals surface area (Å²) in [7, 11) is -3.82. The summed E-state index contributed by atoms with van der Waals surface area (Å²) in [6.45, 7) is 0. The first kappa shape index (κ1) is 19.4. The van der Waals surface area contributed by atoms with E-state index in [1.165, 1.54) is 12.1 Å². The van der Waals surface area contributed by atoms with E-state index in [1.54, 1.807) is 48.5 Å². The van der Waals surface area contributed by atoms with E-state index in [9.17, 15) is 13.2 Å². The number of nitrogens with one attached hydrogen (secondary N) is 1. The number of para-hydroxylation sites is 3. The van der Waals surface area contributed by atoms with Crippen LogP contribution in [0.2, 0.25) is 0 Å². The first-order valence-electron chi connectivity index (χ1n) is 8.59. The van der Waals surface area contributed by atoms with Gasteiger partial charge in [0, 0.05) is 6.42 Å². The third-order valence-electron chi connectivity index (χ3n) is 3.96. The van der Waals surface area contributed by atoms with Crippen LogP contribution < -0.4 is 9.46 Å². The maximum Gasteiger partial charge on any atom is 0.303 e. The molecule has 0 atom stereocenters. The van der Waals surface area contributed by atoms with Crippen molar-refractivity contribution in [1.29, 1.82) is 0 Å². The standard InChI is InChI=1S/C21H19NO5S/c23-21(24)15-12-16-10-13-18(14-11-16)28(25,26)22-19-8-4-5-9-20(19)27-17-6-2-1-3-7-17/h1-11,13-14,22H,12,15H2,(H,23,24). The van der Waals surface area contributed by atoms with Gasteiger partial charge in [-0.3, -0.25) is 9.52 Å². The van der Waals surface area contributed by atoms with E-state index in [4.69, 9.17) is 9.84 Å². The van der Waals surface area contributed by atoms with E-state index in [2.05, 4.69) is 4.72 Å². The molecule has 0 heterocycles. The van der Waals surface area contributed by atoms with Gasteiger partial charge in [-0.05, 0) is 48.4 Å². The second-order valence-corrected chi connectivity index (χ2v) is 7.74. The van der Waals surface area contributed by atoms with Gasteiger partial charge >= 0.3 is 5.97 Å². The van der Waals surface area contributed by atoms with Crippen LogP contribution >= 0.6 is 0 Å².